The summed E-state index contributed by atoms with van der Waals surface area (Å²) < 4.78 is 0. The van der Waals surface area contributed by atoms with Crippen molar-refractivity contribution in [1.82, 2.24) is 9.80 Å². The minimum absolute atomic E-state index is 0.0499. The number of nitrogens with one attached hydrogen (secondary N) is 2. The summed E-state index contributed by atoms with van der Waals surface area (Å²) in [6, 6.07) is -0.370. The Hall–Kier alpha value is -1.39. The molecule has 1 saturated carbocycles. The van der Waals surface area contributed by atoms with Crippen LogP contribution >= 0.6 is 0 Å². The average Bonchev–Trinajstić information content (AvgIpc) is 2.87. The lowest BCUT2D eigenvalue weighted by molar-refractivity contribution is -0.137. The van der Waals surface area contributed by atoms with Crippen molar-refractivity contribution in [3.05, 3.63) is 0 Å². The number of piperazine rings is 1. The van der Waals surface area contributed by atoms with E-state index in [9.17, 15) is 4.79 Å². The maximum Gasteiger partial charge on any atom is 0.245 e. The molecule has 0 radical (unpaired) electrons. The number of amides is 1. The molecule has 0 aromatic carbocycles. The van der Waals surface area contributed by atoms with E-state index in [1.54, 1.807) is 7.05 Å². The van der Waals surface area contributed by atoms with Gasteiger partial charge in [-0.1, -0.05) is 19.8 Å². The lowest BCUT2D eigenvalue weighted by Gasteiger charge is -2.46. The topological polar surface area (TPSA) is 71.2 Å². The first-order chi connectivity index (χ1) is 8.61. The van der Waals surface area contributed by atoms with Gasteiger partial charge >= 0.3 is 0 Å². The quantitative estimate of drug-likeness (QED) is 0.745. The van der Waals surface area contributed by atoms with Crippen LogP contribution in [0.4, 0.5) is 0 Å². The van der Waals surface area contributed by atoms with E-state index in [2.05, 4.69) is 0 Å². The molecule has 5 nitrogen and oxygen atoms in total. The van der Waals surface area contributed by atoms with E-state index >= 15 is 0 Å². The van der Waals surface area contributed by atoms with Gasteiger partial charge in [0.15, 0.2) is 0 Å². The number of hydrogen-bond donors (Lipinski definition) is 2. The predicted octanol–water partition coefficient (Wildman–Crippen LogP) is 1.48. The van der Waals surface area contributed by atoms with Crippen molar-refractivity contribution in [3.8, 4) is 0 Å². The highest BCUT2D eigenvalue weighted by Crippen LogP contribution is 2.30. The number of rotatable bonds is 3. The molecule has 1 amide bonds. The smallest absolute Gasteiger partial charge is 0.245 e. The Morgan fingerprint density at radius 2 is 2.00 bits per heavy atom. The Kier molecular flexibility index (Phi) is 3.68. The molecule has 0 bridgehead atoms. The molecule has 1 saturated heterocycles. The lowest BCUT2D eigenvalue weighted by atomic mass is 9.99. The molecule has 2 fully saturated rings. The van der Waals surface area contributed by atoms with Crippen LogP contribution in [-0.2, 0) is 4.79 Å². The summed E-state index contributed by atoms with van der Waals surface area (Å²) in [6.07, 6.45) is 6.44. The van der Waals surface area contributed by atoms with Gasteiger partial charge in [-0.25, -0.2) is 0 Å². The van der Waals surface area contributed by atoms with E-state index in [-0.39, 0.29) is 11.9 Å². The fraction of sp³-hybridized carbons (Fsp3) is 0.769. The van der Waals surface area contributed by atoms with Crippen molar-refractivity contribution in [3.63, 3.8) is 0 Å². The van der Waals surface area contributed by atoms with Gasteiger partial charge in [-0.15, -0.1) is 0 Å². The molecular formula is C13H22N4O. The Morgan fingerprint density at radius 1 is 1.39 bits per heavy atom. The summed E-state index contributed by atoms with van der Waals surface area (Å²) in [7, 11) is 1.70. The molecule has 5 heteroatoms. The second-order valence-corrected chi connectivity index (χ2v) is 5.22. The Bertz CT molecular complexity index is 362. The second kappa shape index (κ2) is 5.08. The van der Waals surface area contributed by atoms with Crippen LogP contribution < -0.4 is 0 Å². The number of carbonyl (C=O) groups excluding carboxylic acids is 1. The van der Waals surface area contributed by atoms with Gasteiger partial charge in [0.05, 0.1) is 0 Å². The first-order valence-electron chi connectivity index (χ1n) is 6.75. The van der Waals surface area contributed by atoms with Gasteiger partial charge in [-0.3, -0.25) is 10.2 Å². The Morgan fingerprint density at radius 3 is 2.50 bits per heavy atom. The van der Waals surface area contributed by atoms with Gasteiger partial charge in [0.25, 0.3) is 0 Å². The van der Waals surface area contributed by atoms with Crippen LogP contribution in [0.1, 0.15) is 39.0 Å². The Labute approximate surface area is 108 Å². The summed E-state index contributed by atoms with van der Waals surface area (Å²) in [4.78, 5) is 15.9. The molecular weight excluding hydrogens is 228 g/mol. The van der Waals surface area contributed by atoms with Crippen molar-refractivity contribution >= 4 is 18.0 Å². The fourth-order valence-corrected chi connectivity index (χ4v) is 3.19. The molecule has 1 heterocycles. The van der Waals surface area contributed by atoms with E-state index in [0.717, 1.165) is 19.3 Å². The molecule has 2 N–H and O–H groups in total. The standard InChI is InChI=1S/C13H22N4O/c1-3-10-13(18)16(2)11(8-14)12(15)17(10)9-6-4-5-7-9/h8-11,14-15H,3-7H2,1-2H3. The highest BCUT2D eigenvalue weighted by Gasteiger charge is 2.43. The summed E-state index contributed by atoms with van der Waals surface area (Å²) in [5.74, 6) is 0.472. The average molecular weight is 250 g/mol. The molecule has 2 rings (SSSR count). The molecule has 0 aromatic rings. The normalized spacial score (nSPS) is 30.1. The summed E-state index contributed by atoms with van der Waals surface area (Å²) in [5.41, 5.74) is 0. The Balaban J connectivity index is 2.30. The van der Waals surface area contributed by atoms with Gasteiger partial charge in [0.2, 0.25) is 5.91 Å². The van der Waals surface area contributed by atoms with E-state index in [0.29, 0.717) is 11.9 Å². The summed E-state index contributed by atoms with van der Waals surface area (Å²) in [5, 5.41) is 15.7. The van der Waals surface area contributed by atoms with Gasteiger partial charge in [0, 0.05) is 19.3 Å². The second-order valence-electron chi connectivity index (χ2n) is 5.22. The van der Waals surface area contributed by atoms with Crippen molar-refractivity contribution in [1.29, 1.82) is 10.8 Å². The molecule has 18 heavy (non-hydrogen) atoms. The minimum Gasteiger partial charge on any atom is -0.343 e. The molecule has 1 aliphatic carbocycles. The van der Waals surface area contributed by atoms with E-state index in [4.69, 9.17) is 10.8 Å². The van der Waals surface area contributed by atoms with Crippen LogP contribution in [0.15, 0.2) is 0 Å². The van der Waals surface area contributed by atoms with Crippen molar-refractivity contribution in [2.45, 2.75) is 57.2 Å². The van der Waals surface area contributed by atoms with Crippen molar-refractivity contribution < 1.29 is 4.79 Å². The minimum atomic E-state index is -0.485. The van der Waals surface area contributed by atoms with Crippen LogP contribution in [0, 0.1) is 10.8 Å². The third-order valence-electron chi connectivity index (χ3n) is 4.21. The molecule has 0 spiro atoms. The van der Waals surface area contributed by atoms with Gasteiger partial charge in [-0.2, -0.15) is 0 Å². The number of amidine groups is 1. The van der Waals surface area contributed by atoms with Crippen molar-refractivity contribution in [2.24, 2.45) is 0 Å². The molecule has 2 unspecified atom stereocenters. The van der Waals surface area contributed by atoms with Gasteiger partial charge in [0.1, 0.15) is 17.9 Å². The van der Waals surface area contributed by atoms with E-state index in [1.165, 1.54) is 24.0 Å². The molecule has 1 aliphatic heterocycles. The SMILES string of the molecule is CCC1C(=O)N(C)C(C=N)C(=N)N1C1CCCC1. The summed E-state index contributed by atoms with van der Waals surface area (Å²) >= 11 is 0. The number of nitrogens with zero attached hydrogens (tertiary/aromatic N) is 2. The van der Waals surface area contributed by atoms with Crippen molar-refractivity contribution in [2.75, 3.05) is 7.05 Å². The summed E-state index contributed by atoms with van der Waals surface area (Å²) in [6.45, 7) is 2.00. The molecule has 2 aliphatic rings. The van der Waals surface area contributed by atoms with Crippen LogP contribution in [-0.4, -0.2) is 52.9 Å². The molecule has 0 aromatic heterocycles. The monoisotopic (exact) mass is 250 g/mol. The first kappa shape index (κ1) is 13.1. The number of carbonyl (C=O) groups is 1. The number of hydrogen-bond acceptors (Lipinski definition) is 3. The highest BCUT2D eigenvalue weighted by molar-refractivity contribution is 6.06. The van der Waals surface area contributed by atoms with Gasteiger partial charge < -0.3 is 15.2 Å². The zero-order valence-corrected chi connectivity index (χ0v) is 11.1. The van der Waals surface area contributed by atoms with Crippen LogP contribution in [0.3, 0.4) is 0 Å². The van der Waals surface area contributed by atoms with Crippen LogP contribution in [0.5, 0.6) is 0 Å². The molecule has 100 valence electrons. The maximum absolute atomic E-state index is 12.3. The van der Waals surface area contributed by atoms with Crippen LogP contribution in [0.2, 0.25) is 0 Å². The zero-order chi connectivity index (χ0) is 13.3. The van der Waals surface area contributed by atoms with E-state index < -0.39 is 6.04 Å². The highest BCUT2D eigenvalue weighted by atomic mass is 16.2. The fourth-order valence-electron chi connectivity index (χ4n) is 3.19. The number of likely N-dealkylation sites (N-methyl/N-ethyl adjacent to an activating group) is 1. The zero-order valence-electron chi connectivity index (χ0n) is 11.1. The third-order valence-corrected chi connectivity index (χ3v) is 4.21. The lowest BCUT2D eigenvalue weighted by Crippen LogP contribution is -2.65. The third kappa shape index (κ3) is 1.91. The maximum atomic E-state index is 12.3. The largest absolute Gasteiger partial charge is 0.343 e. The van der Waals surface area contributed by atoms with Crippen LogP contribution in [0.25, 0.3) is 0 Å². The van der Waals surface area contributed by atoms with Gasteiger partial charge in [-0.05, 0) is 19.3 Å². The predicted molar refractivity (Wildman–Crippen MR) is 71.2 cm³/mol. The first-order valence-corrected chi connectivity index (χ1v) is 6.75. The molecule has 2 atom stereocenters. The van der Waals surface area contributed by atoms with E-state index in [1.807, 2.05) is 11.8 Å².